The number of pyridine rings is 1. The molecule has 2 rings (SSSR count). The molecule has 3 atom stereocenters. The van der Waals surface area contributed by atoms with Crippen LogP contribution in [0.4, 0.5) is 0 Å². The zero-order valence-corrected chi connectivity index (χ0v) is 12.1. The van der Waals surface area contributed by atoms with Gasteiger partial charge in [0, 0.05) is 6.20 Å². The van der Waals surface area contributed by atoms with Crippen molar-refractivity contribution in [2.75, 3.05) is 13.2 Å². The Hall–Kier alpha value is -1.09. The van der Waals surface area contributed by atoms with Gasteiger partial charge in [0.2, 0.25) is 0 Å². The summed E-state index contributed by atoms with van der Waals surface area (Å²) in [5.41, 5.74) is 7.27. The van der Waals surface area contributed by atoms with E-state index in [0.717, 1.165) is 18.2 Å². The van der Waals surface area contributed by atoms with Crippen molar-refractivity contribution in [3.8, 4) is 5.75 Å². The topological polar surface area (TPSA) is 48.1 Å². The van der Waals surface area contributed by atoms with Crippen molar-refractivity contribution in [1.29, 1.82) is 0 Å². The number of hydrogen-bond donors (Lipinski definition) is 1. The van der Waals surface area contributed by atoms with Gasteiger partial charge in [-0.05, 0) is 55.7 Å². The molecule has 3 nitrogen and oxygen atoms in total. The van der Waals surface area contributed by atoms with Gasteiger partial charge in [0.05, 0.1) is 12.8 Å². The van der Waals surface area contributed by atoms with Crippen LogP contribution < -0.4 is 10.5 Å². The van der Waals surface area contributed by atoms with Gasteiger partial charge in [-0.15, -0.1) is 0 Å². The van der Waals surface area contributed by atoms with E-state index in [2.05, 4.69) is 18.0 Å². The zero-order valence-electron chi connectivity index (χ0n) is 12.1. The molecule has 3 unspecified atom stereocenters. The van der Waals surface area contributed by atoms with Crippen LogP contribution in [0, 0.1) is 11.8 Å². The molecular weight excluding hydrogens is 236 g/mol. The van der Waals surface area contributed by atoms with Crippen LogP contribution in [0.1, 0.15) is 51.0 Å². The molecule has 19 heavy (non-hydrogen) atoms. The van der Waals surface area contributed by atoms with E-state index < -0.39 is 0 Å². The SMILES string of the molecule is CCOc1cncc(C2CC(CC)CCC2CN)c1. The Kier molecular flexibility index (Phi) is 5.20. The maximum Gasteiger partial charge on any atom is 0.137 e. The Morgan fingerprint density at radius 2 is 2.16 bits per heavy atom. The molecule has 3 heteroatoms. The summed E-state index contributed by atoms with van der Waals surface area (Å²) in [5.74, 6) is 2.87. The molecule has 2 N–H and O–H groups in total. The summed E-state index contributed by atoms with van der Waals surface area (Å²) in [6.45, 7) is 5.76. The van der Waals surface area contributed by atoms with Gasteiger partial charge in [-0.2, -0.15) is 0 Å². The average Bonchev–Trinajstić information content (AvgIpc) is 2.47. The molecule has 1 aromatic rings. The Bertz CT molecular complexity index is 394. The van der Waals surface area contributed by atoms with E-state index in [4.69, 9.17) is 10.5 Å². The molecule has 0 radical (unpaired) electrons. The smallest absolute Gasteiger partial charge is 0.137 e. The van der Waals surface area contributed by atoms with Crippen molar-refractivity contribution in [3.63, 3.8) is 0 Å². The summed E-state index contributed by atoms with van der Waals surface area (Å²) in [4.78, 5) is 4.33. The highest BCUT2D eigenvalue weighted by Gasteiger charge is 2.30. The molecule has 0 aliphatic heterocycles. The van der Waals surface area contributed by atoms with Crippen LogP contribution in [0.25, 0.3) is 0 Å². The van der Waals surface area contributed by atoms with Crippen molar-refractivity contribution in [2.24, 2.45) is 17.6 Å². The maximum absolute atomic E-state index is 5.96. The first-order valence-electron chi connectivity index (χ1n) is 7.56. The van der Waals surface area contributed by atoms with Crippen molar-refractivity contribution < 1.29 is 4.74 Å². The number of nitrogens with zero attached hydrogens (tertiary/aromatic N) is 1. The third kappa shape index (κ3) is 3.47. The third-order valence-corrected chi connectivity index (χ3v) is 4.46. The highest BCUT2D eigenvalue weighted by atomic mass is 16.5. The van der Waals surface area contributed by atoms with Gasteiger partial charge in [-0.25, -0.2) is 0 Å². The monoisotopic (exact) mass is 262 g/mol. The molecule has 1 aliphatic rings. The second kappa shape index (κ2) is 6.90. The van der Waals surface area contributed by atoms with Crippen LogP contribution in [-0.2, 0) is 0 Å². The number of aromatic nitrogens is 1. The predicted octanol–water partition coefficient (Wildman–Crippen LogP) is 3.35. The molecule has 1 saturated carbocycles. The molecule has 1 aromatic heterocycles. The van der Waals surface area contributed by atoms with E-state index in [1.807, 2.05) is 13.1 Å². The number of ether oxygens (including phenoxy) is 1. The second-order valence-corrected chi connectivity index (χ2v) is 5.58. The fourth-order valence-corrected chi connectivity index (χ4v) is 3.27. The molecule has 106 valence electrons. The first-order chi connectivity index (χ1) is 9.28. The summed E-state index contributed by atoms with van der Waals surface area (Å²) in [6.07, 6.45) is 8.88. The number of nitrogens with two attached hydrogens (primary N) is 1. The van der Waals surface area contributed by atoms with E-state index in [0.29, 0.717) is 18.4 Å². The first-order valence-corrected chi connectivity index (χ1v) is 7.56. The summed E-state index contributed by atoms with van der Waals surface area (Å²) >= 11 is 0. The molecule has 1 heterocycles. The number of rotatable bonds is 5. The van der Waals surface area contributed by atoms with Crippen LogP contribution in [0.5, 0.6) is 5.75 Å². The largest absolute Gasteiger partial charge is 0.492 e. The molecule has 0 bridgehead atoms. The van der Waals surface area contributed by atoms with Crippen molar-refractivity contribution in [1.82, 2.24) is 4.98 Å². The van der Waals surface area contributed by atoms with E-state index in [-0.39, 0.29) is 0 Å². The third-order valence-electron chi connectivity index (χ3n) is 4.46. The highest BCUT2D eigenvalue weighted by Crippen LogP contribution is 2.41. The van der Waals surface area contributed by atoms with Crippen molar-refractivity contribution in [3.05, 3.63) is 24.0 Å². The summed E-state index contributed by atoms with van der Waals surface area (Å²) in [6, 6.07) is 2.15. The van der Waals surface area contributed by atoms with Crippen molar-refractivity contribution >= 4 is 0 Å². The fraction of sp³-hybridized carbons (Fsp3) is 0.688. The van der Waals surface area contributed by atoms with Crippen LogP contribution in [-0.4, -0.2) is 18.1 Å². The van der Waals surface area contributed by atoms with Crippen molar-refractivity contribution in [2.45, 2.75) is 45.4 Å². The molecule has 1 aliphatic carbocycles. The first kappa shape index (κ1) is 14.3. The standard InChI is InChI=1S/C16H26N2O/c1-3-12-5-6-13(9-17)16(7-12)14-8-15(19-4-2)11-18-10-14/h8,10-13,16H,3-7,9,17H2,1-2H3. The average molecular weight is 262 g/mol. The quantitative estimate of drug-likeness (QED) is 0.885. The van der Waals surface area contributed by atoms with E-state index in [1.165, 1.54) is 31.2 Å². The minimum absolute atomic E-state index is 0.552. The summed E-state index contributed by atoms with van der Waals surface area (Å²) < 4.78 is 5.57. The minimum Gasteiger partial charge on any atom is -0.492 e. The van der Waals surface area contributed by atoms with Gasteiger partial charge in [0.1, 0.15) is 5.75 Å². The fourth-order valence-electron chi connectivity index (χ4n) is 3.27. The lowest BCUT2D eigenvalue weighted by atomic mass is 9.71. The number of hydrogen-bond acceptors (Lipinski definition) is 3. The van der Waals surface area contributed by atoms with Gasteiger partial charge in [0.25, 0.3) is 0 Å². The molecule has 0 aromatic carbocycles. The van der Waals surface area contributed by atoms with Gasteiger partial charge in [-0.3, -0.25) is 4.98 Å². The van der Waals surface area contributed by atoms with Gasteiger partial charge < -0.3 is 10.5 Å². The van der Waals surface area contributed by atoms with Gasteiger partial charge >= 0.3 is 0 Å². The van der Waals surface area contributed by atoms with Crippen LogP contribution >= 0.6 is 0 Å². The van der Waals surface area contributed by atoms with Gasteiger partial charge in [-0.1, -0.05) is 19.8 Å². The summed E-state index contributed by atoms with van der Waals surface area (Å²) in [5, 5.41) is 0. The van der Waals surface area contributed by atoms with E-state index in [9.17, 15) is 0 Å². The Morgan fingerprint density at radius 1 is 1.32 bits per heavy atom. The lowest BCUT2D eigenvalue weighted by molar-refractivity contribution is 0.235. The Morgan fingerprint density at radius 3 is 2.84 bits per heavy atom. The lowest BCUT2D eigenvalue weighted by Gasteiger charge is -2.35. The molecule has 0 amide bonds. The Balaban J connectivity index is 2.18. The van der Waals surface area contributed by atoms with Crippen LogP contribution in [0.15, 0.2) is 18.5 Å². The molecule has 0 spiro atoms. The highest BCUT2D eigenvalue weighted by molar-refractivity contribution is 5.27. The second-order valence-electron chi connectivity index (χ2n) is 5.58. The van der Waals surface area contributed by atoms with E-state index in [1.54, 1.807) is 6.20 Å². The summed E-state index contributed by atoms with van der Waals surface area (Å²) in [7, 11) is 0. The Labute approximate surface area is 116 Å². The lowest BCUT2D eigenvalue weighted by Crippen LogP contribution is -2.29. The molecular formula is C16H26N2O. The zero-order chi connectivity index (χ0) is 13.7. The molecule has 0 saturated heterocycles. The van der Waals surface area contributed by atoms with Gasteiger partial charge in [0.15, 0.2) is 0 Å². The minimum atomic E-state index is 0.552. The van der Waals surface area contributed by atoms with E-state index >= 15 is 0 Å². The van der Waals surface area contributed by atoms with Crippen LogP contribution in [0.3, 0.4) is 0 Å². The molecule has 1 fully saturated rings. The van der Waals surface area contributed by atoms with Crippen LogP contribution in [0.2, 0.25) is 0 Å². The predicted molar refractivity (Wildman–Crippen MR) is 78.3 cm³/mol. The maximum atomic E-state index is 5.96. The normalized spacial score (nSPS) is 27.2.